The molecule has 1 amide bonds. The van der Waals surface area contributed by atoms with Crippen LogP contribution in [0.1, 0.15) is 463 Å². The summed E-state index contributed by atoms with van der Waals surface area (Å²) in [6.45, 7) is 5.02. The highest BCUT2D eigenvalue weighted by molar-refractivity contribution is 5.76. The predicted octanol–water partition coefficient (Wildman–Crippen LogP) is 25.7. The van der Waals surface area contributed by atoms with Gasteiger partial charge in [0.1, 0.15) is 0 Å². The molecular weight excluding hydrogens is 1030 g/mol. The summed E-state index contributed by atoms with van der Waals surface area (Å²) in [5.74, 6) is -0.000233. The van der Waals surface area contributed by atoms with Gasteiger partial charge in [0.25, 0.3) is 0 Å². The Morgan fingerprint density at radius 3 is 0.726 bits per heavy atom. The Morgan fingerprint density at radius 2 is 0.488 bits per heavy atom. The molecule has 0 aliphatic carbocycles. The Hall–Kier alpha value is -1.14. The average Bonchev–Trinajstić information content (AvgIpc) is 3.53. The van der Waals surface area contributed by atoms with Gasteiger partial charge in [0.05, 0.1) is 25.4 Å². The second kappa shape index (κ2) is 74.3. The van der Waals surface area contributed by atoms with Crippen LogP contribution in [0.3, 0.4) is 0 Å². The van der Waals surface area contributed by atoms with E-state index in [1.54, 1.807) is 0 Å². The summed E-state index contributed by atoms with van der Waals surface area (Å²) in [4.78, 5) is 24.7. The molecule has 0 saturated carbocycles. The molecule has 0 aromatic rings. The molecule has 84 heavy (non-hydrogen) atoms. The highest BCUT2D eigenvalue weighted by Gasteiger charge is 2.20. The number of ether oxygens (including phenoxy) is 1. The predicted molar refractivity (Wildman–Crippen MR) is 371 cm³/mol. The Labute approximate surface area is 527 Å². The van der Waals surface area contributed by atoms with Crippen LogP contribution in [-0.2, 0) is 14.3 Å². The maximum atomic E-state index is 12.6. The summed E-state index contributed by atoms with van der Waals surface area (Å²) in [6.07, 6.45) is 91.9. The Bertz CT molecular complexity index is 1230. The summed E-state index contributed by atoms with van der Waals surface area (Å²) in [7, 11) is 0. The van der Waals surface area contributed by atoms with Gasteiger partial charge >= 0.3 is 5.97 Å². The van der Waals surface area contributed by atoms with Gasteiger partial charge in [0.15, 0.2) is 0 Å². The quantitative estimate of drug-likeness (QED) is 0.0417. The molecule has 0 aromatic carbocycles. The number of carbonyl (C=O) groups excluding carboxylic acids is 2. The molecule has 502 valence electrons. The highest BCUT2D eigenvalue weighted by Crippen LogP contribution is 2.21. The van der Waals surface area contributed by atoms with E-state index in [9.17, 15) is 19.8 Å². The largest absolute Gasteiger partial charge is 0.466 e. The van der Waals surface area contributed by atoms with Gasteiger partial charge in [-0.25, -0.2) is 0 Å². The van der Waals surface area contributed by atoms with Crippen LogP contribution in [0.15, 0.2) is 0 Å². The molecule has 3 N–H and O–H groups in total. The number of carbonyl (C=O) groups is 2. The van der Waals surface area contributed by atoms with Gasteiger partial charge < -0.3 is 20.3 Å². The van der Waals surface area contributed by atoms with E-state index in [0.717, 1.165) is 38.5 Å². The lowest BCUT2D eigenvalue weighted by Gasteiger charge is -2.22. The smallest absolute Gasteiger partial charge is 0.305 e. The molecule has 2 atom stereocenters. The van der Waals surface area contributed by atoms with Crippen LogP contribution in [0.25, 0.3) is 0 Å². The van der Waals surface area contributed by atoms with E-state index in [1.807, 2.05) is 0 Å². The van der Waals surface area contributed by atoms with Gasteiger partial charge in [0.2, 0.25) is 5.91 Å². The zero-order valence-corrected chi connectivity index (χ0v) is 57.7. The number of rotatable bonds is 75. The molecule has 0 aliphatic rings. The van der Waals surface area contributed by atoms with Crippen molar-refractivity contribution in [1.82, 2.24) is 5.32 Å². The fourth-order valence-corrected chi connectivity index (χ4v) is 12.9. The first-order chi connectivity index (χ1) is 41.5. The molecule has 6 heteroatoms. The van der Waals surface area contributed by atoms with Gasteiger partial charge in [-0.3, -0.25) is 9.59 Å². The first kappa shape index (κ1) is 82.9. The van der Waals surface area contributed by atoms with Gasteiger partial charge in [0, 0.05) is 12.8 Å². The molecule has 0 spiro atoms. The summed E-state index contributed by atoms with van der Waals surface area (Å²) in [6, 6.07) is -0.539. The van der Waals surface area contributed by atoms with Crippen LogP contribution in [-0.4, -0.2) is 47.4 Å². The molecule has 0 saturated heterocycles. The third-order valence-corrected chi connectivity index (χ3v) is 18.9. The molecule has 0 radical (unpaired) electrons. The summed E-state index contributed by atoms with van der Waals surface area (Å²) in [5.41, 5.74) is 0. The number of amides is 1. The number of nitrogens with one attached hydrogen (secondary N) is 1. The van der Waals surface area contributed by atoms with Crippen LogP contribution in [0.2, 0.25) is 0 Å². The van der Waals surface area contributed by atoms with Crippen molar-refractivity contribution in [2.75, 3.05) is 13.2 Å². The summed E-state index contributed by atoms with van der Waals surface area (Å²) >= 11 is 0. The number of aliphatic hydroxyl groups excluding tert-OH is 2. The standard InChI is InChI=1S/C78H155NO5/c1-3-5-7-9-11-13-15-17-19-20-21-22-33-36-39-43-46-50-54-58-62-66-70-76(81)75(74-80)79-77(82)71-67-63-59-55-51-47-44-40-37-34-31-29-27-25-23-24-26-28-30-32-35-38-41-45-49-53-57-61-65-69-73-84-78(83)72-68-64-60-56-52-48-42-18-16-14-12-10-8-6-4-2/h75-76,80-81H,3-74H2,1-2H3,(H,79,82). The first-order valence-electron chi connectivity index (χ1n) is 39.3. The van der Waals surface area contributed by atoms with Crippen LogP contribution in [0, 0.1) is 0 Å². The van der Waals surface area contributed by atoms with E-state index in [1.165, 1.54) is 392 Å². The van der Waals surface area contributed by atoms with Crippen LogP contribution >= 0.6 is 0 Å². The van der Waals surface area contributed by atoms with Crippen molar-refractivity contribution in [2.24, 2.45) is 0 Å². The molecule has 6 nitrogen and oxygen atoms in total. The molecule has 0 bridgehead atoms. The molecule has 0 fully saturated rings. The highest BCUT2D eigenvalue weighted by atomic mass is 16.5. The fourth-order valence-electron chi connectivity index (χ4n) is 12.9. The van der Waals surface area contributed by atoms with E-state index in [2.05, 4.69) is 19.2 Å². The van der Waals surface area contributed by atoms with E-state index in [0.29, 0.717) is 25.9 Å². The second-order valence-corrected chi connectivity index (χ2v) is 27.4. The van der Waals surface area contributed by atoms with Crippen molar-refractivity contribution in [3.8, 4) is 0 Å². The van der Waals surface area contributed by atoms with E-state index in [-0.39, 0.29) is 18.5 Å². The maximum absolute atomic E-state index is 12.6. The van der Waals surface area contributed by atoms with Gasteiger partial charge in [-0.15, -0.1) is 0 Å². The first-order valence-corrected chi connectivity index (χ1v) is 39.3. The average molecular weight is 1190 g/mol. The molecule has 0 heterocycles. The van der Waals surface area contributed by atoms with Crippen LogP contribution < -0.4 is 5.32 Å². The minimum absolute atomic E-state index is 0.0246. The Balaban J connectivity index is 3.32. The number of hydrogen-bond acceptors (Lipinski definition) is 5. The molecule has 0 aromatic heterocycles. The van der Waals surface area contributed by atoms with E-state index < -0.39 is 12.1 Å². The van der Waals surface area contributed by atoms with Crippen molar-refractivity contribution in [2.45, 2.75) is 475 Å². The third-order valence-electron chi connectivity index (χ3n) is 18.9. The van der Waals surface area contributed by atoms with Gasteiger partial charge in [-0.2, -0.15) is 0 Å². The number of esters is 1. The van der Waals surface area contributed by atoms with Crippen LogP contribution in [0.5, 0.6) is 0 Å². The molecule has 0 rings (SSSR count). The van der Waals surface area contributed by atoms with E-state index in [4.69, 9.17) is 4.74 Å². The molecule has 0 aliphatic heterocycles. The lowest BCUT2D eigenvalue weighted by Crippen LogP contribution is -2.45. The van der Waals surface area contributed by atoms with Gasteiger partial charge in [-0.05, 0) is 25.7 Å². The zero-order valence-electron chi connectivity index (χ0n) is 57.7. The minimum Gasteiger partial charge on any atom is -0.466 e. The van der Waals surface area contributed by atoms with Crippen molar-refractivity contribution in [3.63, 3.8) is 0 Å². The summed E-state index contributed by atoms with van der Waals surface area (Å²) < 4.78 is 5.51. The Morgan fingerprint density at radius 1 is 0.286 bits per heavy atom. The topological polar surface area (TPSA) is 95.9 Å². The van der Waals surface area contributed by atoms with E-state index >= 15 is 0 Å². The monoisotopic (exact) mass is 1190 g/mol. The number of aliphatic hydroxyl groups is 2. The second-order valence-electron chi connectivity index (χ2n) is 27.4. The molecule has 2 unspecified atom stereocenters. The maximum Gasteiger partial charge on any atom is 0.305 e. The number of hydrogen-bond donors (Lipinski definition) is 3. The van der Waals surface area contributed by atoms with Crippen molar-refractivity contribution in [1.29, 1.82) is 0 Å². The number of unbranched alkanes of at least 4 members (excludes halogenated alkanes) is 64. The lowest BCUT2D eigenvalue weighted by atomic mass is 10.0. The zero-order chi connectivity index (χ0) is 60.6. The SMILES string of the molecule is CCCCCCCCCCCCCCCCCCCCCCCCC(O)C(CO)NC(=O)CCCCCCCCCCCCCCCCCCCCCCCCCCCCCCCCOC(=O)CCCCCCCCCCCCCCCCC. The fraction of sp³-hybridized carbons (Fsp3) is 0.974. The lowest BCUT2D eigenvalue weighted by molar-refractivity contribution is -0.143. The van der Waals surface area contributed by atoms with Crippen LogP contribution in [0.4, 0.5) is 0 Å². The third kappa shape index (κ3) is 70.0. The Kier molecular flexibility index (Phi) is 73.3. The molecular formula is C78H155NO5. The van der Waals surface area contributed by atoms with Crippen molar-refractivity contribution >= 4 is 11.9 Å². The normalized spacial score (nSPS) is 12.4. The van der Waals surface area contributed by atoms with Gasteiger partial charge in [-0.1, -0.05) is 425 Å². The minimum atomic E-state index is -0.662. The van der Waals surface area contributed by atoms with Crippen molar-refractivity contribution in [3.05, 3.63) is 0 Å². The van der Waals surface area contributed by atoms with Crippen molar-refractivity contribution < 1.29 is 24.5 Å². The summed E-state index contributed by atoms with van der Waals surface area (Å²) in [5, 5.41) is 23.5.